The molecule has 2 N–H and O–H groups in total. The van der Waals surface area contributed by atoms with Crippen molar-refractivity contribution in [2.75, 3.05) is 23.7 Å². The van der Waals surface area contributed by atoms with Crippen LogP contribution in [0.15, 0.2) is 12.1 Å². The lowest BCUT2D eigenvalue weighted by Crippen LogP contribution is -2.38. The van der Waals surface area contributed by atoms with E-state index in [1.54, 1.807) is 0 Å². The number of benzene rings is 1. The molecule has 2 nitrogen and oxygen atoms in total. The molecule has 1 aliphatic heterocycles. The summed E-state index contributed by atoms with van der Waals surface area (Å²) in [7, 11) is 0. The summed E-state index contributed by atoms with van der Waals surface area (Å²) in [6.45, 7) is 11.2. The third-order valence-corrected chi connectivity index (χ3v) is 3.81. The molecule has 1 aromatic rings. The minimum Gasteiger partial charge on any atom is -0.398 e. The maximum absolute atomic E-state index is 6.02. The average molecular weight is 232 g/mol. The van der Waals surface area contributed by atoms with E-state index in [9.17, 15) is 0 Å². The van der Waals surface area contributed by atoms with E-state index in [0.717, 1.165) is 17.5 Å². The second kappa shape index (κ2) is 4.59. The Labute approximate surface area is 105 Å². The zero-order valence-corrected chi connectivity index (χ0v) is 11.5. The molecule has 0 saturated carbocycles. The first-order valence-electron chi connectivity index (χ1n) is 6.59. The van der Waals surface area contributed by atoms with E-state index in [1.807, 2.05) is 0 Å². The normalized spacial score (nSPS) is 25.1. The molecule has 0 spiro atoms. The second-order valence-corrected chi connectivity index (χ2v) is 5.84. The Morgan fingerprint density at radius 1 is 1.06 bits per heavy atom. The fraction of sp³-hybridized carbons (Fsp3) is 0.600. The number of nitrogen functional groups attached to an aromatic ring is 1. The maximum atomic E-state index is 6.02. The Kier molecular flexibility index (Phi) is 3.32. The molecule has 0 radical (unpaired) electrons. The van der Waals surface area contributed by atoms with Gasteiger partial charge in [-0.2, -0.15) is 0 Å². The van der Waals surface area contributed by atoms with Gasteiger partial charge in [0.1, 0.15) is 0 Å². The van der Waals surface area contributed by atoms with Crippen molar-refractivity contribution in [3.05, 3.63) is 23.3 Å². The Morgan fingerprint density at radius 3 is 2.00 bits per heavy atom. The van der Waals surface area contributed by atoms with Gasteiger partial charge in [-0.05, 0) is 55.4 Å². The maximum Gasteiger partial charge on any atom is 0.0374 e. The molecule has 1 aliphatic rings. The van der Waals surface area contributed by atoms with Gasteiger partial charge in [-0.1, -0.05) is 13.8 Å². The standard InChI is InChI=1S/C15H24N2/c1-10-5-11(2)9-17(8-10)14-6-12(3)15(16)13(4)7-14/h6-7,10-11H,5,8-9,16H2,1-4H3/t10-,11-/m0/s1. The minimum atomic E-state index is 0.789. The monoisotopic (exact) mass is 232 g/mol. The molecule has 2 atom stereocenters. The fourth-order valence-corrected chi connectivity index (χ4v) is 3.01. The second-order valence-electron chi connectivity index (χ2n) is 5.84. The van der Waals surface area contributed by atoms with Gasteiger partial charge in [-0.15, -0.1) is 0 Å². The number of aryl methyl sites for hydroxylation is 2. The zero-order chi connectivity index (χ0) is 12.6. The summed E-state index contributed by atoms with van der Waals surface area (Å²) in [5, 5.41) is 0. The van der Waals surface area contributed by atoms with Crippen LogP contribution in [0, 0.1) is 25.7 Å². The third kappa shape index (κ3) is 2.56. The summed E-state index contributed by atoms with van der Waals surface area (Å²) in [6, 6.07) is 4.46. The molecule has 1 saturated heterocycles. The first-order valence-corrected chi connectivity index (χ1v) is 6.59. The molecule has 94 valence electrons. The summed E-state index contributed by atoms with van der Waals surface area (Å²) >= 11 is 0. The predicted octanol–water partition coefficient (Wildman–Crippen LogP) is 3.37. The SMILES string of the molecule is Cc1cc(N2C[C@@H](C)C[C@H](C)C2)cc(C)c1N. The number of rotatable bonds is 1. The van der Waals surface area contributed by atoms with Gasteiger partial charge < -0.3 is 10.6 Å². The molecule has 0 bridgehead atoms. The number of piperidine rings is 1. The first kappa shape index (κ1) is 12.3. The van der Waals surface area contributed by atoms with Crippen molar-refractivity contribution < 1.29 is 0 Å². The molecule has 2 rings (SSSR count). The number of hydrogen-bond acceptors (Lipinski definition) is 2. The topological polar surface area (TPSA) is 29.3 Å². The predicted molar refractivity (Wildman–Crippen MR) is 75.5 cm³/mol. The van der Waals surface area contributed by atoms with Crippen LogP contribution < -0.4 is 10.6 Å². The Hall–Kier alpha value is -1.18. The molecule has 0 amide bonds. The van der Waals surface area contributed by atoms with Crippen LogP contribution in [0.3, 0.4) is 0 Å². The lowest BCUT2D eigenvalue weighted by atomic mass is 9.91. The van der Waals surface area contributed by atoms with E-state index in [0.29, 0.717) is 0 Å². The molecule has 1 heterocycles. The highest BCUT2D eigenvalue weighted by Crippen LogP contribution is 2.29. The Bertz CT molecular complexity index is 378. The van der Waals surface area contributed by atoms with Gasteiger partial charge in [0, 0.05) is 24.5 Å². The van der Waals surface area contributed by atoms with Crippen LogP contribution in [0.5, 0.6) is 0 Å². The van der Waals surface area contributed by atoms with Crippen molar-refractivity contribution in [1.82, 2.24) is 0 Å². The molecule has 0 aliphatic carbocycles. The van der Waals surface area contributed by atoms with Gasteiger partial charge in [0.25, 0.3) is 0 Å². The molecule has 17 heavy (non-hydrogen) atoms. The van der Waals surface area contributed by atoms with Gasteiger partial charge in [0.2, 0.25) is 0 Å². The molecule has 0 unspecified atom stereocenters. The van der Waals surface area contributed by atoms with Crippen LogP contribution in [0.1, 0.15) is 31.4 Å². The fourth-order valence-electron chi connectivity index (χ4n) is 3.01. The molecule has 1 fully saturated rings. The summed E-state index contributed by atoms with van der Waals surface area (Å²) in [4.78, 5) is 2.51. The highest BCUT2D eigenvalue weighted by atomic mass is 15.1. The van der Waals surface area contributed by atoms with Crippen LogP contribution in [0.2, 0.25) is 0 Å². The number of hydrogen-bond donors (Lipinski definition) is 1. The minimum absolute atomic E-state index is 0.789. The third-order valence-electron chi connectivity index (χ3n) is 3.81. The van der Waals surface area contributed by atoms with Gasteiger partial charge in [-0.25, -0.2) is 0 Å². The van der Waals surface area contributed by atoms with E-state index >= 15 is 0 Å². The van der Waals surface area contributed by atoms with E-state index in [1.165, 1.54) is 36.3 Å². The molecule has 1 aromatic carbocycles. The summed E-state index contributed by atoms with van der Waals surface area (Å²) in [5.74, 6) is 1.58. The van der Waals surface area contributed by atoms with Crippen molar-refractivity contribution in [2.24, 2.45) is 11.8 Å². The lowest BCUT2D eigenvalue weighted by molar-refractivity contribution is 0.357. The lowest BCUT2D eigenvalue weighted by Gasteiger charge is -2.37. The largest absolute Gasteiger partial charge is 0.398 e. The average Bonchev–Trinajstić information content (AvgIpc) is 2.23. The smallest absolute Gasteiger partial charge is 0.0374 e. The highest BCUT2D eigenvalue weighted by Gasteiger charge is 2.22. The molecular formula is C15H24N2. The van der Waals surface area contributed by atoms with Crippen molar-refractivity contribution in [3.63, 3.8) is 0 Å². The van der Waals surface area contributed by atoms with Crippen LogP contribution in [-0.4, -0.2) is 13.1 Å². The van der Waals surface area contributed by atoms with Crippen LogP contribution in [0.4, 0.5) is 11.4 Å². The van der Waals surface area contributed by atoms with Crippen LogP contribution in [-0.2, 0) is 0 Å². The van der Waals surface area contributed by atoms with E-state index in [4.69, 9.17) is 5.73 Å². The van der Waals surface area contributed by atoms with Crippen molar-refractivity contribution >= 4 is 11.4 Å². The van der Waals surface area contributed by atoms with Gasteiger partial charge in [0.05, 0.1) is 0 Å². The Balaban J connectivity index is 2.27. The summed E-state index contributed by atoms with van der Waals surface area (Å²) in [5.41, 5.74) is 10.7. The number of nitrogens with zero attached hydrogens (tertiary/aromatic N) is 1. The van der Waals surface area contributed by atoms with E-state index in [-0.39, 0.29) is 0 Å². The quantitative estimate of drug-likeness (QED) is 0.752. The van der Waals surface area contributed by atoms with Crippen molar-refractivity contribution in [3.8, 4) is 0 Å². The van der Waals surface area contributed by atoms with Crippen molar-refractivity contribution in [1.29, 1.82) is 0 Å². The first-order chi connectivity index (χ1) is 7.97. The van der Waals surface area contributed by atoms with E-state index in [2.05, 4.69) is 44.7 Å². The molecule has 2 heteroatoms. The van der Waals surface area contributed by atoms with Crippen LogP contribution >= 0.6 is 0 Å². The number of nitrogens with two attached hydrogens (primary N) is 1. The summed E-state index contributed by atoms with van der Waals surface area (Å²) in [6.07, 6.45) is 1.35. The zero-order valence-electron chi connectivity index (χ0n) is 11.5. The van der Waals surface area contributed by atoms with Gasteiger partial charge in [-0.3, -0.25) is 0 Å². The van der Waals surface area contributed by atoms with Crippen molar-refractivity contribution in [2.45, 2.75) is 34.1 Å². The van der Waals surface area contributed by atoms with Gasteiger partial charge in [0.15, 0.2) is 0 Å². The molecule has 0 aromatic heterocycles. The van der Waals surface area contributed by atoms with Crippen LogP contribution in [0.25, 0.3) is 0 Å². The van der Waals surface area contributed by atoms with E-state index < -0.39 is 0 Å². The molecular weight excluding hydrogens is 208 g/mol. The van der Waals surface area contributed by atoms with Gasteiger partial charge >= 0.3 is 0 Å². The number of anilines is 2. The highest BCUT2D eigenvalue weighted by molar-refractivity contribution is 5.62. The Morgan fingerprint density at radius 2 is 1.53 bits per heavy atom. The summed E-state index contributed by atoms with van der Waals surface area (Å²) < 4.78 is 0.